The predicted octanol–water partition coefficient (Wildman–Crippen LogP) is 9.29. The van der Waals surface area contributed by atoms with Gasteiger partial charge in [-0.25, -0.2) is 9.78 Å². The number of anilines is 1. The molecule has 0 aliphatic heterocycles. The van der Waals surface area contributed by atoms with Crippen LogP contribution in [0.1, 0.15) is 10.4 Å². The van der Waals surface area contributed by atoms with Crippen molar-refractivity contribution in [2.24, 2.45) is 10.2 Å². The van der Waals surface area contributed by atoms with Crippen LogP contribution in [0.15, 0.2) is 193 Å². The van der Waals surface area contributed by atoms with Gasteiger partial charge in [0.1, 0.15) is 28.4 Å². The van der Waals surface area contributed by atoms with Crippen molar-refractivity contribution < 1.29 is 32.5 Å². The fourth-order valence-electron chi connectivity index (χ4n) is 6.40. The number of aromatic hydroxyl groups is 2. The maximum Gasteiger partial charge on any atom is 0.410 e. The van der Waals surface area contributed by atoms with E-state index in [2.05, 4.69) is 30.2 Å². The van der Waals surface area contributed by atoms with Crippen molar-refractivity contribution in [2.45, 2.75) is 0 Å². The van der Waals surface area contributed by atoms with Crippen LogP contribution in [-0.4, -0.2) is 36.2 Å². The summed E-state index contributed by atoms with van der Waals surface area (Å²) in [5.41, 5.74) is 10.4. The van der Waals surface area contributed by atoms with Crippen LogP contribution in [-0.2, 0) is 0 Å². The molecular formula is C48H35ClN8O4. The maximum absolute atomic E-state index is 10.9. The number of halogens is 1. The van der Waals surface area contributed by atoms with Crippen molar-refractivity contribution in [3.8, 4) is 11.5 Å². The number of nitrogens with two attached hydrogens (primary N) is 1. The average Bonchev–Trinajstić information content (AvgIpc) is 3.29. The van der Waals surface area contributed by atoms with E-state index in [1.54, 1.807) is 55.0 Å². The van der Waals surface area contributed by atoms with Gasteiger partial charge in [-0.15, -0.1) is 10.2 Å². The van der Waals surface area contributed by atoms with E-state index in [9.17, 15) is 15.0 Å². The zero-order valence-corrected chi connectivity index (χ0v) is 32.9. The fraction of sp³-hybridized carbons (Fsp3) is 0. The van der Waals surface area contributed by atoms with Crippen LogP contribution in [0, 0.1) is 5.39 Å². The molecule has 10 aromatic rings. The van der Waals surface area contributed by atoms with Crippen molar-refractivity contribution >= 4 is 83.0 Å². The van der Waals surface area contributed by atoms with Gasteiger partial charge in [0, 0.05) is 46.2 Å². The van der Waals surface area contributed by atoms with Gasteiger partial charge in [-0.3, -0.25) is 9.97 Å². The van der Waals surface area contributed by atoms with E-state index in [1.807, 2.05) is 121 Å². The SMILES string of the molecule is N#[N+]c1cccc2cccnc12.Nc1cccc2cccnc12.O=C(O)c1c(O)ccc2ccccc12.Oc1ccc2ccccc2c1N=Nc1cccc2cccnc12.[Cl-]. The van der Waals surface area contributed by atoms with Gasteiger partial charge < -0.3 is 33.5 Å². The number of phenolic OH excluding ortho intramolecular Hbond substituents is 1. The third-order valence-electron chi connectivity index (χ3n) is 9.25. The molecule has 0 atom stereocenters. The number of hydrogen-bond donors (Lipinski definition) is 4. The molecule has 13 heteroatoms. The number of carboxylic acids is 1. The second-order valence-electron chi connectivity index (χ2n) is 13.1. The molecule has 0 bridgehead atoms. The van der Waals surface area contributed by atoms with E-state index in [4.69, 9.17) is 16.2 Å². The van der Waals surface area contributed by atoms with Gasteiger partial charge in [-0.2, -0.15) is 0 Å². The Bertz CT molecular complexity index is 3210. The summed E-state index contributed by atoms with van der Waals surface area (Å²) in [6.07, 6.45) is 5.16. The van der Waals surface area contributed by atoms with Crippen LogP contribution < -0.4 is 18.1 Å². The van der Waals surface area contributed by atoms with Crippen LogP contribution >= 0.6 is 0 Å². The highest BCUT2D eigenvalue weighted by molar-refractivity contribution is 6.06. The van der Waals surface area contributed by atoms with E-state index in [1.165, 1.54) is 6.07 Å². The Morgan fingerprint density at radius 2 is 1.02 bits per heavy atom. The lowest BCUT2D eigenvalue weighted by Gasteiger charge is -2.04. The Balaban J connectivity index is 0.000000142. The zero-order chi connectivity index (χ0) is 41.8. The zero-order valence-electron chi connectivity index (χ0n) is 32.2. The number of fused-ring (bicyclic) bond motifs is 5. The highest BCUT2D eigenvalue weighted by Gasteiger charge is 2.13. The van der Waals surface area contributed by atoms with Gasteiger partial charge in [0.2, 0.25) is 5.39 Å². The van der Waals surface area contributed by atoms with Crippen molar-refractivity contribution in [2.75, 3.05) is 5.73 Å². The number of pyridine rings is 3. The molecule has 298 valence electrons. The first-order valence-electron chi connectivity index (χ1n) is 18.5. The summed E-state index contributed by atoms with van der Waals surface area (Å²) in [5.74, 6) is -1.20. The Hall–Kier alpha value is -8.53. The molecule has 0 aliphatic rings. The van der Waals surface area contributed by atoms with Crippen LogP contribution in [0.3, 0.4) is 0 Å². The summed E-state index contributed by atoms with van der Waals surface area (Å²) in [7, 11) is 0. The predicted molar refractivity (Wildman–Crippen MR) is 237 cm³/mol. The van der Waals surface area contributed by atoms with E-state index >= 15 is 0 Å². The lowest BCUT2D eigenvalue weighted by Crippen LogP contribution is -3.00. The molecule has 12 nitrogen and oxygen atoms in total. The number of carboxylic acid groups (broad SMARTS) is 1. The smallest absolute Gasteiger partial charge is 0.410 e. The second kappa shape index (κ2) is 19.8. The second-order valence-corrected chi connectivity index (χ2v) is 13.1. The van der Waals surface area contributed by atoms with E-state index < -0.39 is 5.97 Å². The molecule has 0 fully saturated rings. The van der Waals surface area contributed by atoms with Gasteiger partial charge in [-0.05, 0) is 58.6 Å². The Morgan fingerprint density at radius 1 is 0.525 bits per heavy atom. The number of aromatic nitrogens is 3. The largest absolute Gasteiger partial charge is 1.00 e. The molecular weight excluding hydrogens is 788 g/mol. The summed E-state index contributed by atoms with van der Waals surface area (Å²) in [6.45, 7) is 0. The number of nitrogens with zero attached hydrogens (tertiary/aromatic N) is 7. The normalized spacial score (nSPS) is 10.4. The molecule has 3 heterocycles. The van der Waals surface area contributed by atoms with Crippen molar-refractivity contribution in [1.82, 2.24) is 15.0 Å². The summed E-state index contributed by atoms with van der Waals surface area (Å²) < 4.78 is 0. The number of hydrogen-bond acceptors (Lipinski definition) is 10. The minimum absolute atomic E-state index is 0. The first kappa shape index (κ1) is 42.1. The van der Waals surface area contributed by atoms with Crippen LogP contribution in [0.5, 0.6) is 11.5 Å². The summed E-state index contributed by atoms with van der Waals surface area (Å²) in [5, 5.41) is 52.0. The fourth-order valence-corrected chi connectivity index (χ4v) is 6.40. The van der Waals surface area contributed by atoms with Crippen molar-refractivity contribution in [3.05, 3.63) is 193 Å². The Labute approximate surface area is 355 Å². The molecule has 5 N–H and O–H groups in total. The molecule has 0 radical (unpaired) electrons. The Kier molecular flexibility index (Phi) is 13.6. The lowest BCUT2D eigenvalue weighted by atomic mass is 10.0. The number of aromatic carboxylic acids is 1. The number of carbonyl (C=O) groups is 1. The number of para-hydroxylation sites is 3. The summed E-state index contributed by atoms with van der Waals surface area (Å²) >= 11 is 0. The maximum atomic E-state index is 10.9. The number of benzene rings is 7. The third kappa shape index (κ3) is 9.78. The first-order valence-corrected chi connectivity index (χ1v) is 18.5. The molecule has 7 aromatic carbocycles. The molecule has 0 saturated carbocycles. The number of diazo groups is 1. The lowest BCUT2D eigenvalue weighted by molar-refractivity contribution is -0.0000300. The molecule has 0 aliphatic carbocycles. The number of rotatable bonds is 3. The van der Waals surface area contributed by atoms with Crippen LogP contribution in [0.4, 0.5) is 22.7 Å². The summed E-state index contributed by atoms with van der Waals surface area (Å²) in [4.78, 5) is 26.6. The van der Waals surface area contributed by atoms with Crippen molar-refractivity contribution in [1.29, 1.82) is 5.39 Å². The highest BCUT2D eigenvalue weighted by Crippen LogP contribution is 2.37. The number of phenols is 2. The van der Waals surface area contributed by atoms with Gasteiger partial charge in [-0.1, -0.05) is 115 Å². The molecule has 61 heavy (non-hydrogen) atoms. The molecule has 0 spiro atoms. The topological polar surface area (TPSA) is 195 Å². The Morgan fingerprint density at radius 3 is 1.66 bits per heavy atom. The first-order chi connectivity index (χ1) is 29.3. The molecule has 3 aromatic heterocycles. The van der Waals surface area contributed by atoms with Gasteiger partial charge >= 0.3 is 11.7 Å². The molecule has 0 saturated heterocycles. The van der Waals surface area contributed by atoms with Gasteiger partial charge in [0.15, 0.2) is 10.5 Å². The molecule has 0 amide bonds. The van der Waals surface area contributed by atoms with Crippen molar-refractivity contribution in [3.63, 3.8) is 0 Å². The quantitative estimate of drug-likeness (QED) is 0.0763. The number of azo groups is 1. The minimum atomic E-state index is -1.11. The van der Waals surface area contributed by atoms with Crippen LogP contribution in [0.25, 0.3) is 59.2 Å². The minimum Gasteiger partial charge on any atom is -1.00 e. The molecule has 0 unspecified atom stereocenters. The monoisotopic (exact) mass is 822 g/mol. The van der Waals surface area contributed by atoms with E-state index in [0.717, 1.165) is 54.6 Å². The van der Waals surface area contributed by atoms with Gasteiger partial charge in [0.25, 0.3) is 0 Å². The van der Waals surface area contributed by atoms with E-state index in [0.29, 0.717) is 22.4 Å². The summed E-state index contributed by atoms with van der Waals surface area (Å²) in [6, 6.07) is 50.0. The number of nitrogen functional groups attached to an aromatic ring is 1. The van der Waals surface area contributed by atoms with Crippen LogP contribution in [0.2, 0.25) is 0 Å². The molecule has 10 rings (SSSR count). The van der Waals surface area contributed by atoms with E-state index in [-0.39, 0.29) is 29.5 Å². The average molecular weight is 823 g/mol. The standard InChI is InChI=1S/C19H13N3O.C11H8O3.C9H6N3.C9H8N2.ClH/c23-17-11-10-13-5-1-2-8-15(13)19(17)22-21-16-9-3-6-14-7-4-12-20-18(14)16;12-9-6-5-7-3-1-2-4-8(7)10(9)11(13)14;10-12-8-5-1-3-7-4-2-6-11-9(7)8;10-8-5-1-3-7-4-2-6-11-9(7)8;/h1-12,23H;1-6,12H,(H,13,14);1-6H;1-6H,10H2;1H/q;;+1;;/p-1. The highest BCUT2D eigenvalue weighted by atomic mass is 35.5. The van der Waals surface area contributed by atoms with Gasteiger partial charge in [0.05, 0.1) is 16.7 Å². The third-order valence-corrected chi connectivity index (χ3v) is 9.25.